The van der Waals surface area contributed by atoms with Crippen LogP contribution in [-0.4, -0.2) is 80.3 Å². The fourth-order valence-electron chi connectivity index (χ4n) is 7.17. The summed E-state index contributed by atoms with van der Waals surface area (Å²) in [6.07, 6.45) is 7.91. The van der Waals surface area contributed by atoms with Crippen LogP contribution in [-0.2, 0) is 19.1 Å². The van der Waals surface area contributed by atoms with Crippen LogP contribution in [0.5, 0.6) is 0 Å². The Morgan fingerprint density at radius 1 is 0.780 bits per heavy atom. The number of likely N-dealkylation sites (tertiary alicyclic amines) is 2. The van der Waals surface area contributed by atoms with Gasteiger partial charge in [0.25, 0.3) is 0 Å². The van der Waals surface area contributed by atoms with E-state index in [9.17, 15) is 14.4 Å². The number of rotatable bonds is 12. The number of carbonyl (C=O) groups is 3. The summed E-state index contributed by atoms with van der Waals surface area (Å²) in [5.74, 6) is 1.76. The molecule has 2 saturated heterocycles. The van der Waals surface area contributed by atoms with Crippen LogP contribution in [0.15, 0.2) is 60.9 Å². The van der Waals surface area contributed by atoms with Crippen LogP contribution in [0.1, 0.15) is 83.5 Å². The molecule has 11 heteroatoms. The molecular formula is C39H49N7O4. The molecule has 0 spiro atoms. The number of nitrogens with zero attached hydrogens (tertiary/aromatic N) is 4. The summed E-state index contributed by atoms with van der Waals surface area (Å²) < 4.78 is 4.75. The Morgan fingerprint density at radius 2 is 1.26 bits per heavy atom. The predicted octanol–water partition coefficient (Wildman–Crippen LogP) is 6.29. The zero-order chi connectivity index (χ0) is 35.4. The molecular weight excluding hydrogens is 630 g/mol. The lowest BCUT2D eigenvalue weighted by molar-refractivity contribution is -0.140. The monoisotopic (exact) mass is 679 g/mol. The molecule has 0 aliphatic carbocycles. The van der Waals surface area contributed by atoms with Crippen molar-refractivity contribution in [3.05, 3.63) is 72.6 Å². The molecule has 3 N–H and O–H groups in total. The first-order valence-electron chi connectivity index (χ1n) is 17.8. The van der Waals surface area contributed by atoms with Gasteiger partial charge in [0.2, 0.25) is 11.8 Å². The van der Waals surface area contributed by atoms with E-state index in [2.05, 4.69) is 82.6 Å². The fourth-order valence-corrected chi connectivity index (χ4v) is 7.17. The van der Waals surface area contributed by atoms with Crippen LogP contribution in [0, 0.1) is 11.8 Å². The lowest BCUT2D eigenvalue weighted by atomic mass is 10.0. The maximum absolute atomic E-state index is 13.6. The van der Waals surface area contributed by atoms with E-state index in [0.29, 0.717) is 18.9 Å². The highest BCUT2D eigenvalue weighted by Crippen LogP contribution is 2.35. The molecule has 2 amide bonds. The van der Waals surface area contributed by atoms with Gasteiger partial charge in [-0.25, -0.2) is 9.97 Å². The molecule has 4 heterocycles. The fraction of sp³-hybridized carbons (Fsp3) is 0.462. The molecule has 6 rings (SSSR count). The molecule has 0 unspecified atom stereocenters. The molecule has 2 aliphatic rings. The van der Waals surface area contributed by atoms with Gasteiger partial charge in [-0.15, -0.1) is 0 Å². The Kier molecular flexibility index (Phi) is 10.8. The highest BCUT2D eigenvalue weighted by Gasteiger charge is 2.37. The van der Waals surface area contributed by atoms with E-state index in [1.165, 1.54) is 7.11 Å². The topological polar surface area (TPSA) is 136 Å². The minimum absolute atomic E-state index is 0.00835. The smallest absolute Gasteiger partial charge is 0.319 e. The van der Waals surface area contributed by atoms with Gasteiger partial charge in [0, 0.05) is 19.5 Å². The quantitative estimate of drug-likeness (QED) is 0.150. The Morgan fingerprint density at radius 3 is 1.74 bits per heavy atom. The number of benzene rings is 2. The third kappa shape index (κ3) is 7.67. The Balaban J connectivity index is 1.10. The summed E-state index contributed by atoms with van der Waals surface area (Å²) in [6.45, 7) is 9.53. The maximum atomic E-state index is 13.6. The number of H-pyrrole nitrogens is 2. The SMILES string of the molecule is COC(=O)CN[C@H](C(=O)N1CCC[C@H]1c1ncc(-c2ccc(-c3ccc(-c4cnc([C@@H]5CCCN5C(=O)CC(C)C)[nH]4)cc3)cc2)[nH]1)C(C)C. The molecule has 3 atom stereocenters. The number of aromatic nitrogens is 4. The largest absolute Gasteiger partial charge is 0.468 e. The van der Waals surface area contributed by atoms with Crippen molar-refractivity contribution in [2.45, 2.75) is 77.9 Å². The molecule has 264 valence electrons. The summed E-state index contributed by atoms with van der Waals surface area (Å²) in [4.78, 5) is 58.3. The van der Waals surface area contributed by atoms with Gasteiger partial charge in [-0.05, 0) is 59.8 Å². The molecule has 11 nitrogen and oxygen atoms in total. The van der Waals surface area contributed by atoms with Crippen LogP contribution >= 0.6 is 0 Å². The van der Waals surface area contributed by atoms with Crippen molar-refractivity contribution < 1.29 is 19.1 Å². The first-order chi connectivity index (χ1) is 24.1. The number of esters is 1. The molecule has 0 saturated carbocycles. The number of methoxy groups -OCH3 is 1. The summed E-state index contributed by atoms with van der Waals surface area (Å²) in [5.41, 5.74) is 6.10. The van der Waals surface area contributed by atoms with Crippen LogP contribution in [0.4, 0.5) is 0 Å². The lowest BCUT2D eigenvalue weighted by Gasteiger charge is -2.30. The molecule has 2 aromatic carbocycles. The Hall–Kier alpha value is -4.77. The number of hydrogen-bond acceptors (Lipinski definition) is 7. The van der Waals surface area contributed by atoms with Crippen molar-refractivity contribution in [3.8, 4) is 33.6 Å². The minimum atomic E-state index is -0.489. The summed E-state index contributed by atoms with van der Waals surface area (Å²) in [5, 5.41) is 3.09. The maximum Gasteiger partial charge on any atom is 0.319 e. The van der Waals surface area contributed by atoms with Crippen molar-refractivity contribution in [1.82, 2.24) is 35.1 Å². The number of aromatic amines is 2. The van der Waals surface area contributed by atoms with Crippen molar-refractivity contribution in [2.24, 2.45) is 11.8 Å². The van der Waals surface area contributed by atoms with Gasteiger partial charge in [0.05, 0.1) is 55.6 Å². The van der Waals surface area contributed by atoms with Gasteiger partial charge in [0.15, 0.2) is 0 Å². The van der Waals surface area contributed by atoms with Crippen LogP contribution in [0.25, 0.3) is 33.6 Å². The third-order valence-corrected chi connectivity index (χ3v) is 9.87. The van der Waals surface area contributed by atoms with E-state index in [4.69, 9.17) is 9.72 Å². The van der Waals surface area contributed by atoms with Crippen LogP contribution in [0.3, 0.4) is 0 Å². The van der Waals surface area contributed by atoms with E-state index in [0.717, 1.165) is 77.5 Å². The molecule has 0 bridgehead atoms. The normalized spacial score (nSPS) is 18.3. The van der Waals surface area contributed by atoms with E-state index in [1.54, 1.807) is 0 Å². The van der Waals surface area contributed by atoms with Gasteiger partial charge in [-0.3, -0.25) is 19.7 Å². The number of nitrogens with one attached hydrogen (secondary N) is 3. The number of imidazole rings is 2. The van der Waals surface area contributed by atoms with E-state index in [1.807, 2.05) is 36.0 Å². The Bertz CT molecular complexity index is 1780. The summed E-state index contributed by atoms with van der Waals surface area (Å²) in [7, 11) is 1.34. The van der Waals surface area contributed by atoms with Crippen molar-refractivity contribution in [2.75, 3.05) is 26.7 Å². The number of ether oxygens (including phenoxy) is 1. The second-order valence-electron chi connectivity index (χ2n) is 14.2. The minimum Gasteiger partial charge on any atom is -0.468 e. The van der Waals surface area contributed by atoms with Crippen LogP contribution in [0.2, 0.25) is 0 Å². The standard InChI is InChI=1S/C39H49N7O4/c1-24(2)20-34(47)45-18-6-8-32(45)37-41-21-30(43-37)28-14-10-26(11-15-28)27-12-16-29(17-13-27)31-22-42-38(44-31)33-9-7-19-46(33)39(49)36(25(3)4)40-23-35(48)50-5/h10-17,21-22,24-25,32-33,36,40H,6-9,18-20,23H2,1-5H3,(H,41,43)(H,42,44)/t32-,33-,36-/m0/s1. The number of amides is 2. The first kappa shape index (κ1) is 35.1. The van der Waals surface area contributed by atoms with Crippen LogP contribution < -0.4 is 5.32 Å². The Labute approximate surface area is 294 Å². The van der Waals surface area contributed by atoms with Crippen molar-refractivity contribution in [3.63, 3.8) is 0 Å². The highest BCUT2D eigenvalue weighted by molar-refractivity contribution is 5.84. The van der Waals surface area contributed by atoms with Gasteiger partial charge < -0.3 is 24.5 Å². The zero-order valence-electron chi connectivity index (χ0n) is 29.7. The molecule has 4 aromatic rings. The lowest BCUT2D eigenvalue weighted by Crippen LogP contribution is -2.50. The first-order valence-corrected chi connectivity index (χ1v) is 17.8. The second kappa shape index (κ2) is 15.4. The molecule has 50 heavy (non-hydrogen) atoms. The average Bonchev–Trinajstić information content (AvgIpc) is 3.94. The molecule has 0 radical (unpaired) electrons. The average molecular weight is 680 g/mol. The van der Waals surface area contributed by atoms with E-state index >= 15 is 0 Å². The van der Waals surface area contributed by atoms with Gasteiger partial charge in [-0.2, -0.15) is 0 Å². The van der Waals surface area contributed by atoms with Gasteiger partial charge in [0.1, 0.15) is 11.6 Å². The van der Waals surface area contributed by atoms with Gasteiger partial charge in [-0.1, -0.05) is 76.2 Å². The third-order valence-electron chi connectivity index (χ3n) is 9.87. The van der Waals surface area contributed by atoms with E-state index in [-0.39, 0.29) is 36.4 Å². The molecule has 2 fully saturated rings. The molecule has 2 aliphatic heterocycles. The highest BCUT2D eigenvalue weighted by atomic mass is 16.5. The number of carbonyl (C=O) groups excluding carboxylic acids is 3. The van der Waals surface area contributed by atoms with Crippen molar-refractivity contribution >= 4 is 17.8 Å². The summed E-state index contributed by atoms with van der Waals surface area (Å²) >= 11 is 0. The molecule has 2 aromatic heterocycles. The van der Waals surface area contributed by atoms with Crippen molar-refractivity contribution in [1.29, 1.82) is 0 Å². The second-order valence-corrected chi connectivity index (χ2v) is 14.2. The zero-order valence-corrected chi connectivity index (χ0v) is 29.7. The summed E-state index contributed by atoms with van der Waals surface area (Å²) in [6, 6.07) is 16.2. The number of hydrogen-bond donors (Lipinski definition) is 3. The predicted molar refractivity (Wildman–Crippen MR) is 193 cm³/mol. The van der Waals surface area contributed by atoms with E-state index < -0.39 is 12.0 Å². The van der Waals surface area contributed by atoms with Gasteiger partial charge >= 0.3 is 5.97 Å².